The molecule has 1 heterocycles. The molecule has 5 nitrogen and oxygen atoms in total. The second kappa shape index (κ2) is 6.16. The average molecular weight is 290 g/mol. The molecule has 0 unspecified atom stereocenters. The standard InChI is InChI=1S/C16H22N2O3/c1-11-4-6-13(7-5-11)9-17(3)16(21)18-8-12(2)14(10-18)15(19)20/h4-7,12,14H,8-10H2,1-3H3,(H,19,20)/t12-,14-/m1/s1. The molecular weight excluding hydrogens is 268 g/mol. The summed E-state index contributed by atoms with van der Waals surface area (Å²) in [6.07, 6.45) is 0. The van der Waals surface area contributed by atoms with Crippen LogP contribution in [-0.4, -0.2) is 47.0 Å². The fourth-order valence-corrected chi connectivity index (χ4v) is 2.72. The summed E-state index contributed by atoms with van der Waals surface area (Å²) < 4.78 is 0. The molecule has 1 fully saturated rings. The monoisotopic (exact) mass is 290 g/mol. The zero-order chi connectivity index (χ0) is 15.6. The van der Waals surface area contributed by atoms with Crippen LogP contribution in [0, 0.1) is 18.8 Å². The Bertz CT molecular complexity index is 527. The molecular formula is C16H22N2O3. The normalized spacial score (nSPS) is 21.4. The van der Waals surface area contributed by atoms with Crippen LogP contribution in [0.5, 0.6) is 0 Å². The predicted octanol–water partition coefficient (Wildman–Crippen LogP) is 2.20. The maximum Gasteiger partial charge on any atom is 0.320 e. The van der Waals surface area contributed by atoms with Gasteiger partial charge in [0.15, 0.2) is 0 Å². The number of hydrogen-bond donors (Lipinski definition) is 1. The lowest BCUT2D eigenvalue weighted by molar-refractivity contribution is -0.142. The molecule has 2 rings (SSSR count). The van der Waals surface area contributed by atoms with Gasteiger partial charge in [-0.2, -0.15) is 0 Å². The summed E-state index contributed by atoms with van der Waals surface area (Å²) in [7, 11) is 1.75. The Labute approximate surface area is 125 Å². The van der Waals surface area contributed by atoms with Gasteiger partial charge >= 0.3 is 12.0 Å². The van der Waals surface area contributed by atoms with Gasteiger partial charge in [0.25, 0.3) is 0 Å². The zero-order valence-electron chi connectivity index (χ0n) is 12.7. The van der Waals surface area contributed by atoms with Crippen LogP contribution in [0.4, 0.5) is 4.79 Å². The molecule has 2 amide bonds. The molecule has 0 aromatic heterocycles. The Morgan fingerprint density at radius 1 is 1.29 bits per heavy atom. The molecule has 0 radical (unpaired) electrons. The number of carbonyl (C=O) groups excluding carboxylic acids is 1. The van der Waals surface area contributed by atoms with Crippen molar-refractivity contribution in [1.29, 1.82) is 0 Å². The molecule has 21 heavy (non-hydrogen) atoms. The molecule has 1 aromatic rings. The van der Waals surface area contributed by atoms with Gasteiger partial charge in [0, 0.05) is 26.7 Å². The minimum Gasteiger partial charge on any atom is -0.481 e. The number of benzene rings is 1. The van der Waals surface area contributed by atoms with Gasteiger partial charge < -0.3 is 14.9 Å². The Kier molecular flexibility index (Phi) is 4.50. The fraction of sp³-hybridized carbons (Fsp3) is 0.500. The van der Waals surface area contributed by atoms with E-state index in [0.29, 0.717) is 19.6 Å². The molecule has 0 aliphatic carbocycles. The molecule has 1 aliphatic rings. The topological polar surface area (TPSA) is 60.9 Å². The first-order valence-corrected chi connectivity index (χ1v) is 7.17. The lowest BCUT2D eigenvalue weighted by Crippen LogP contribution is -2.40. The molecule has 114 valence electrons. The van der Waals surface area contributed by atoms with E-state index in [1.54, 1.807) is 16.8 Å². The number of carbonyl (C=O) groups is 2. The van der Waals surface area contributed by atoms with Crippen molar-refractivity contribution in [3.05, 3.63) is 35.4 Å². The molecule has 0 spiro atoms. The predicted molar refractivity (Wildman–Crippen MR) is 79.9 cm³/mol. The highest BCUT2D eigenvalue weighted by atomic mass is 16.4. The van der Waals surface area contributed by atoms with Crippen molar-refractivity contribution in [2.45, 2.75) is 20.4 Å². The molecule has 1 saturated heterocycles. The molecule has 1 aliphatic heterocycles. The van der Waals surface area contributed by atoms with Gasteiger partial charge in [0.2, 0.25) is 0 Å². The van der Waals surface area contributed by atoms with Crippen molar-refractivity contribution >= 4 is 12.0 Å². The lowest BCUT2D eigenvalue weighted by Gasteiger charge is -2.24. The number of carboxylic acids is 1. The summed E-state index contributed by atoms with van der Waals surface area (Å²) in [6.45, 7) is 5.24. The van der Waals surface area contributed by atoms with Crippen LogP contribution in [-0.2, 0) is 11.3 Å². The van der Waals surface area contributed by atoms with Crippen molar-refractivity contribution < 1.29 is 14.7 Å². The number of likely N-dealkylation sites (tertiary alicyclic amines) is 1. The van der Waals surface area contributed by atoms with Crippen LogP contribution >= 0.6 is 0 Å². The highest BCUT2D eigenvalue weighted by molar-refractivity contribution is 5.77. The zero-order valence-corrected chi connectivity index (χ0v) is 12.7. The van der Waals surface area contributed by atoms with E-state index in [1.807, 2.05) is 38.1 Å². The second-order valence-electron chi connectivity index (χ2n) is 5.95. The minimum atomic E-state index is -0.820. The Morgan fingerprint density at radius 3 is 2.43 bits per heavy atom. The summed E-state index contributed by atoms with van der Waals surface area (Å²) in [5.74, 6) is -1.28. The van der Waals surface area contributed by atoms with Gasteiger partial charge in [-0.1, -0.05) is 36.8 Å². The third-order valence-corrected chi connectivity index (χ3v) is 4.07. The third-order valence-electron chi connectivity index (χ3n) is 4.07. The largest absolute Gasteiger partial charge is 0.481 e. The van der Waals surface area contributed by atoms with Gasteiger partial charge in [-0.25, -0.2) is 4.79 Å². The molecule has 1 aromatic carbocycles. The molecule has 1 N–H and O–H groups in total. The van der Waals surface area contributed by atoms with Gasteiger partial charge in [-0.15, -0.1) is 0 Å². The lowest BCUT2D eigenvalue weighted by atomic mass is 9.99. The summed E-state index contributed by atoms with van der Waals surface area (Å²) in [5, 5.41) is 9.13. The minimum absolute atomic E-state index is 0.000718. The summed E-state index contributed by atoms with van der Waals surface area (Å²) in [5.41, 5.74) is 2.25. The van der Waals surface area contributed by atoms with Crippen molar-refractivity contribution in [1.82, 2.24) is 9.80 Å². The Morgan fingerprint density at radius 2 is 1.90 bits per heavy atom. The van der Waals surface area contributed by atoms with Crippen LogP contribution in [0.25, 0.3) is 0 Å². The van der Waals surface area contributed by atoms with E-state index in [0.717, 1.165) is 5.56 Å². The fourth-order valence-electron chi connectivity index (χ4n) is 2.72. The first-order chi connectivity index (χ1) is 9.88. The number of amides is 2. The number of carboxylic acid groups (broad SMARTS) is 1. The summed E-state index contributed by atoms with van der Waals surface area (Å²) >= 11 is 0. The van der Waals surface area contributed by atoms with E-state index in [2.05, 4.69) is 0 Å². The Hall–Kier alpha value is -2.04. The van der Waals surface area contributed by atoms with Crippen LogP contribution < -0.4 is 0 Å². The third kappa shape index (κ3) is 3.54. The maximum atomic E-state index is 12.4. The van der Waals surface area contributed by atoms with Gasteiger partial charge in [0.05, 0.1) is 5.92 Å². The number of nitrogens with zero attached hydrogens (tertiary/aromatic N) is 2. The van der Waals surface area contributed by atoms with E-state index in [9.17, 15) is 9.59 Å². The van der Waals surface area contributed by atoms with E-state index in [-0.39, 0.29) is 11.9 Å². The summed E-state index contributed by atoms with van der Waals surface area (Å²) in [4.78, 5) is 26.8. The average Bonchev–Trinajstić information content (AvgIpc) is 2.82. The number of aliphatic carboxylic acids is 1. The van der Waals surface area contributed by atoms with Gasteiger partial charge in [0.1, 0.15) is 0 Å². The highest BCUT2D eigenvalue weighted by Crippen LogP contribution is 2.24. The number of aryl methyl sites for hydroxylation is 1. The maximum absolute atomic E-state index is 12.4. The van der Waals surface area contributed by atoms with E-state index >= 15 is 0 Å². The first-order valence-electron chi connectivity index (χ1n) is 7.17. The molecule has 0 saturated carbocycles. The smallest absolute Gasteiger partial charge is 0.320 e. The quantitative estimate of drug-likeness (QED) is 0.928. The number of urea groups is 1. The van der Waals surface area contributed by atoms with Crippen molar-refractivity contribution in [2.75, 3.05) is 20.1 Å². The van der Waals surface area contributed by atoms with E-state index < -0.39 is 11.9 Å². The van der Waals surface area contributed by atoms with Crippen LogP contribution in [0.1, 0.15) is 18.1 Å². The summed E-state index contributed by atoms with van der Waals surface area (Å²) in [6, 6.07) is 7.95. The molecule has 2 atom stereocenters. The molecule has 0 bridgehead atoms. The highest BCUT2D eigenvalue weighted by Gasteiger charge is 2.37. The Balaban J connectivity index is 1.97. The van der Waals surface area contributed by atoms with Crippen LogP contribution in [0.15, 0.2) is 24.3 Å². The first kappa shape index (κ1) is 15.4. The van der Waals surface area contributed by atoms with Crippen molar-refractivity contribution in [3.63, 3.8) is 0 Å². The molecule has 5 heteroatoms. The number of rotatable bonds is 3. The second-order valence-corrected chi connectivity index (χ2v) is 5.95. The van der Waals surface area contributed by atoms with Crippen molar-refractivity contribution in [2.24, 2.45) is 11.8 Å². The van der Waals surface area contributed by atoms with Gasteiger partial charge in [-0.05, 0) is 18.4 Å². The van der Waals surface area contributed by atoms with E-state index in [1.165, 1.54) is 5.56 Å². The van der Waals surface area contributed by atoms with Crippen LogP contribution in [0.2, 0.25) is 0 Å². The SMILES string of the molecule is Cc1ccc(CN(C)C(=O)N2C[C@@H](C)[C@H](C(=O)O)C2)cc1. The van der Waals surface area contributed by atoms with Crippen LogP contribution in [0.3, 0.4) is 0 Å². The van der Waals surface area contributed by atoms with Gasteiger partial charge in [-0.3, -0.25) is 4.79 Å². The van der Waals surface area contributed by atoms with Crippen molar-refractivity contribution in [3.8, 4) is 0 Å². The number of hydrogen-bond acceptors (Lipinski definition) is 2. The van der Waals surface area contributed by atoms with E-state index in [4.69, 9.17) is 5.11 Å².